The number of nitrogens with one attached hydrogen (secondary N) is 1. The van der Waals surface area contributed by atoms with Crippen molar-refractivity contribution in [3.63, 3.8) is 0 Å². The summed E-state index contributed by atoms with van der Waals surface area (Å²) in [5.41, 5.74) is 1.41. The van der Waals surface area contributed by atoms with E-state index in [4.69, 9.17) is 0 Å². The molecule has 106 valence electrons. The molecule has 3 nitrogen and oxygen atoms in total. The maximum atomic E-state index is 12.8. The molecule has 0 spiro atoms. The summed E-state index contributed by atoms with van der Waals surface area (Å²) < 4.78 is 41.0. The summed E-state index contributed by atoms with van der Waals surface area (Å²) in [4.78, 5) is 3.97. The van der Waals surface area contributed by atoms with Gasteiger partial charge >= 0.3 is 6.61 Å². The maximum absolute atomic E-state index is 12.8. The number of benzene rings is 1. The van der Waals surface area contributed by atoms with Crippen LogP contribution in [0.25, 0.3) is 0 Å². The SMILES string of the molecule is CC(Nc1ccc(OC(F)F)cc1)c1ccc(F)cn1. The lowest BCUT2D eigenvalue weighted by Crippen LogP contribution is -2.08. The molecule has 0 fully saturated rings. The second-order valence-corrected chi connectivity index (χ2v) is 4.17. The van der Waals surface area contributed by atoms with Gasteiger partial charge in [-0.05, 0) is 43.3 Å². The van der Waals surface area contributed by atoms with Crippen molar-refractivity contribution in [1.82, 2.24) is 4.98 Å². The van der Waals surface area contributed by atoms with Gasteiger partial charge in [-0.2, -0.15) is 8.78 Å². The Balaban J connectivity index is 2.00. The molecule has 0 aliphatic rings. The number of rotatable bonds is 5. The molecule has 0 aliphatic carbocycles. The predicted molar refractivity (Wildman–Crippen MR) is 69.3 cm³/mol. The van der Waals surface area contributed by atoms with Crippen LogP contribution in [0.5, 0.6) is 5.75 Å². The standard InChI is InChI=1S/C14H13F3N2O/c1-9(13-7-2-10(15)8-18-13)19-11-3-5-12(6-4-11)20-14(16)17/h2-9,14,19H,1H3. The van der Waals surface area contributed by atoms with Gasteiger partial charge < -0.3 is 10.1 Å². The van der Waals surface area contributed by atoms with Crippen molar-refractivity contribution in [3.05, 3.63) is 54.1 Å². The van der Waals surface area contributed by atoms with Crippen LogP contribution in [-0.2, 0) is 0 Å². The number of nitrogens with zero attached hydrogens (tertiary/aromatic N) is 1. The van der Waals surface area contributed by atoms with Crippen molar-refractivity contribution in [3.8, 4) is 5.75 Å². The Bertz CT molecular complexity index is 543. The first-order valence-corrected chi connectivity index (χ1v) is 5.97. The van der Waals surface area contributed by atoms with Crippen molar-refractivity contribution < 1.29 is 17.9 Å². The minimum absolute atomic E-state index is 0.0955. The van der Waals surface area contributed by atoms with Gasteiger partial charge in [0.1, 0.15) is 11.6 Å². The molecule has 1 atom stereocenters. The Morgan fingerprint density at radius 1 is 1.10 bits per heavy atom. The molecule has 0 saturated heterocycles. The van der Waals surface area contributed by atoms with Crippen LogP contribution < -0.4 is 10.1 Å². The van der Waals surface area contributed by atoms with Crippen molar-refractivity contribution in [1.29, 1.82) is 0 Å². The molecule has 0 saturated carbocycles. The maximum Gasteiger partial charge on any atom is 0.387 e. The number of anilines is 1. The second-order valence-electron chi connectivity index (χ2n) is 4.17. The summed E-state index contributed by atoms with van der Waals surface area (Å²) in [6, 6.07) is 8.91. The monoisotopic (exact) mass is 282 g/mol. The summed E-state index contributed by atoms with van der Waals surface area (Å²) in [5, 5.41) is 3.13. The number of aromatic nitrogens is 1. The first-order chi connectivity index (χ1) is 9.54. The summed E-state index contributed by atoms with van der Waals surface area (Å²) in [5.74, 6) is -0.299. The first kappa shape index (κ1) is 14.2. The molecule has 0 radical (unpaired) electrons. The number of ether oxygens (including phenoxy) is 1. The van der Waals surface area contributed by atoms with Gasteiger partial charge in [0.2, 0.25) is 0 Å². The third kappa shape index (κ3) is 3.88. The zero-order chi connectivity index (χ0) is 14.5. The fraction of sp³-hybridized carbons (Fsp3) is 0.214. The van der Waals surface area contributed by atoms with E-state index in [-0.39, 0.29) is 11.8 Å². The molecule has 1 heterocycles. The van der Waals surface area contributed by atoms with Crippen molar-refractivity contribution in [2.45, 2.75) is 19.6 Å². The van der Waals surface area contributed by atoms with Crippen LogP contribution in [0.2, 0.25) is 0 Å². The first-order valence-electron chi connectivity index (χ1n) is 5.97. The normalized spacial score (nSPS) is 12.2. The molecule has 2 rings (SSSR count). The predicted octanol–water partition coefficient (Wildman–Crippen LogP) is 4.00. The number of hydrogen-bond donors (Lipinski definition) is 1. The van der Waals surface area contributed by atoms with E-state index in [9.17, 15) is 13.2 Å². The third-order valence-corrected chi connectivity index (χ3v) is 2.66. The molecule has 6 heteroatoms. The molecule has 1 aromatic carbocycles. The highest BCUT2D eigenvalue weighted by Gasteiger charge is 2.08. The summed E-state index contributed by atoms with van der Waals surface area (Å²) in [7, 11) is 0. The van der Waals surface area contributed by atoms with Crippen LogP contribution in [0.15, 0.2) is 42.6 Å². The van der Waals surface area contributed by atoms with Gasteiger partial charge in [-0.3, -0.25) is 4.98 Å². The highest BCUT2D eigenvalue weighted by Crippen LogP contribution is 2.21. The summed E-state index contributed by atoms with van der Waals surface area (Å²) in [6.07, 6.45) is 1.15. The van der Waals surface area contributed by atoms with Gasteiger partial charge in [-0.15, -0.1) is 0 Å². The van der Waals surface area contributed by atoms with Crippen LogP contribution >= 0.6 is 0 Å². The van der Waals surface area contributed by atoms with Gasteiger partial charge in [0.05, 0.1) is 17.9 Å². The molecular formula is C14H13F3N2O. The van der Waals surface area contributed by atoms with Crippen molar-refractivity contribution in [2.24, 2.45) is 0 Å². The van der Waals surface area contributed by atoms with E-state index in [1.807, 2.05) is 6.92 Å². The van der Waals surface area contributed by atoms with E-state index in [2.05, 4.69) is 15.0 Å². The lowest BCUT2D eigenvalue weighted by Gasteiger charge is -2.15. The van der Waals surface area contributed by atoms with E-state index >= 15 is 0 Å². The fourth-order valence-corrected chi connectivity index (χ4v) is 1.70. The Morgan fingerprint density at radius 3 is 2.35 bits per heavy atom. The minimum Gasteiger partial charge on any atom is -0.435 e. The molecule has 1 N–H and O–H groups in total. The lowest BCUT2D eigenvalue weighted by atomic mass is 10.2. The average Bonchev–Trinajstić information content (AvgIpc) is 2.41. The van der Waals surface area contributed by atoms with Crippen molar-refractivity contribution >= 4 is 5.69 Å². The highest BCUT2D eigenvalue weighted by molar-refractivity contribution is 5.47. The summed E-state index contributed by atoms with van der Waals surface area (Å²) in [6.45, 7) is -0.972. The van der Waals surface area contributed by atoms with Gasteiger partial charge in [-0.1, -0.05) is 0 Å². The van der Waals surface area contributed by atoms with E-state index in [0.29, 0.717) is 5.69 Å². The molecule has 20 heavy (non-hydrogen) atoms. The highest BCUT2D eigenvalue weighted by atomic mass is 19.3. The van der Waals surface area contributed by atoms with Crippen LogP contribution in [0.1, 0.15) is 18.7 Å². The quantitative estimate of drug-likeness (QED) is 0.900. The third-order valence-electron chi connectivity index (χ3n) is 2.66. The number of alkyl halides is 2. The summed E-state index contributed by atoms with van der Waals surface area (Å²) >= 11 is 0. The zero-order valence-corrected chi connectivity index (χ0v) is 10.7. The average molecular weight is 282 g/mol. The molecular weight excluding hydrogens is 269 g/mol. The number of halogens is 3. The van der Waals surface area contributed by atoms with Crippen molar-refractivity contribution in [2.75, 3.05) is 5.32 Å². The molecule has 1 unspecified atom stereocenters. The Kier molecular flexibility index (Phi) is 4.45. The second kappa shape index (κ2) is 6.27. The molecule has 1 aromatic heterocycles. The van der Waals surface area contributed by atoms with Crippen LogP contribution in [0.3, 0.4) is 0 Å². The van der Waals surface area contributed by atoms with E-state index < -0.39 is 12.4 Å². The van der Waals surface area contributed by atoms with Gasteiger partial charge in [0.25, 0.3) is 0 Å². The van der Waals surface area contributed by atoms with Gasteiger partial charge in [-0.25, -0.2) is 4.39 Å². The molecule has 0 amide bonds. The fourth-order valence-electron chi connectivity index (χ4n) is 1.70. The van der Waals surface area contributed by atoms with E-state index in [1.54, 1.807) is 18.2 Å². The minimum atomic E-state index is -2.84. The zero-order valence-electron chi connectivity index (χ0n) is 10.7. The van der Waals surface area contributed by atoms with Gasteiger partial charge in [0, 0.05) is 5.69 Å². The van der Waals surface area contributed by atoms with E-state index in [1.165, 1.54) is 18.2 Å². The van der Waals surface area contributed by atoms with Crippen LogP contribution in [0, 0.1) is 5.82 Å². The number of hydrogen-bond acceptors (Lipinski definition) is 3. The topological polar surface area (TPSA) is 34.1 Å². The molecule has 0 bridgehead atoms. The Labute approximate surface area is 114 Å². The Hall–Kier alpha value is -2.24. The van der Waals surface area contributed by atoms with Crippen LogP contribution in [0.4, 0.5) is 18.9 Å². The Morgan fingerprint density at radius 2 is 1.80 bits per heavy atom. The molecule has 0 aliphatic heterocycles. The molecule has 2 aromatic rings. The smallest absolute Gasteiger partial charge is 0.387 e. The van der Waals surface area contributed by atoms with Gasteiger partial charge in [0.15, 0.2) is 0 Å². The largest absolute Gasteiger partial charge is 0.435 e. The number of pyridine rings is 1. The van der Waals surface area contributed by atoms with Crippen LogP contribution in [-0.4, -0.2) is 11.6 Å². The van der Waals surface area contributed by atoms with E-state index in [0.717, 1.165) is 11.9 Å². The lowest BCUT2D eigenvalue weighted by molar-refractivity contribution is -0.0498.